The molecular formula is C29H22Br2O8. The Hall–Kier alpha value is -3.63. The summed E-state index contributed by atoms with van der Waals surface area (Å²) in [6, 6.07) is 16.2. The van der Waals surface area contributed by atoms with Gasteiger partial charge in [-0.15, -0.1) is 0 Å². The van der Waals surface area contributed by atoms with Crippen LogP contribution < -0.4 is 4.74 Å². The molecule has 0 saturated carbocycles. The van der Waals surface area contributed by atoms with E-state index < -0.39 is 35.7 Å². The Kier molecular flexibility index (Phi) is 7.26. The van der Waals surface area contributed by atoms with Crippen LogP contribution in [0.1, 0.15) is 50.0 Å². The van der Waals surface area contributed by atoms with Gasteiger partial charge in [0.05, 0.1) is 18.2 Å². The molecule has 0 amide bonds. The van der Waals surface area contributed by atoms with Gasteiger partial charge in [-0.25, -0.2) is 14.4 Å². The summed E-state index contributed by atoms with van der Waals surface area (Å²) < 4.78 is 24.4. The molecule has 200 valence electrons. The first-order valence-electron chi connectivity index (χ1n) is 11.9. The number of phenols is 1. The van der Waals surface area contributed by atoms with Gasteiger partial charge >= 0.3 is 17.9 Å². The lowest BCUT2D eigenvalue weighted by Gasteiger charge is -2.43. The van der Waals surface area contributed by atoms with Crippen LogP contribution in [-0.4, -0.2) is 47.9 Å². The lowest BCUT2D eigenvalue weighted by Crippen LogP contribution is -2.49. The SMILES string of the molecule is COc1cc(O)c2c(c1)C1=C[C@@H](OC(=O)c3ccc(Br)cc3)[C@H](OC(=O)c3ccc(Br)cc3)C[C@]1(C)OC2=O. The zero-order valence-electron chi connectivity index (χ0n) is 20.8. The van der Waals surface area contributed by atoms with Crippen LogP contribution in [0.4, 0.5) is 0 Å². The molecule has 10 heteroatoms. The minimum Gasteiger partial charge on any atom is -0.507 e. The fraction of sp³-hybridized carbons (Fsp3) is 0.207. The van der Waals surface area contributed by atoms with Crippen molar-refractivity contribution in [2.24, 2.45) is 0 Å². The van der Waals surface area contributed by atoms with Gasteiger partial charge < -0.3 is 24.1 Å². The van der Waals surface area contributed by atoms with E-state index in [0.717, 1.165) is 8.95 Å². The molecule has 2 aliphatic rings. The molecule has 3 aromatic rings. The molecule has 0 saturated heterocycles. The summed E-state index contributed by atoms with van der Waals surface area (Å²) in [4.78, 5) is 39.1. The van der Waals surface area contributed by atoms with Crippen molar-refractivity contribution in [2.45, 2.75) is 31.2 Å². The van der Waals surface area contributed by atoms with E-state index >= 15 is 0 Å². The molecule has 8 nitrogen and oxygen atoms in total. The minimum atomic E-state index is -1.24. The molecule has 0 radical (unpaired) electrons. The van der Waals surface area contributed by atoms with Crippen molar-refractivity contribution in [3.05, 3.63) is 97.9 Å². The number of phenolic OH excluding ortho intramolecular Hbond substituents is 1. The first-order valence-corrected chi connectivity index (χ1v) is 13.5. The molecule has 3 atom stereocenters. The van der Waals surface area contributed by atoms with Crippen LogP contribution in [0.25, 0.3) is 5.57 Å². The first-order chi connectivity index (χ1) is 18.6. The molecule has 1 aliphatic heterocycles. The predicted octanol–water partition coefficient (Wildman–Crippen LogP) is 6.09. The zero-order valence-corrected chi connectivity index (χ0v) is 23.9. The third kappa shape index (κ3) is 5.31. The fourth-order valence-corrected chi connectivity index (χ4v) is 5.25. The van der Waals surface area contributed by atoms with E-state index in [9.17, 15) is 19.5 Å². The lowest BCUT2D eigenvalue weighted by molar-refractivity contribution is -0.0590. The number of rotatable bonds is 5. The molecule has 0 aromatic heterocycles. The highest BCUT2D eigenvalue weighted by Crippen LogP contribution is 2.48. The number of esters is 3. The van der Waals surface area contributed by atoms with E-state index in [1.807, 2.05) is 0 Å². The predicted molar refractivity (Wildman–Crippen MR) is 148 cm³/mol. The Labute approximate surface area is 240 Å². The standard InChI is InChI=1S/C29H22Br2O8/c1-29-14-24(38-27(34)16-5-9-18(31)10-6-16)23(37-26(33)15-3-7-17(30)8-4-15)13-21(29)20-11-19(36-2)12-22(32)25(20)28(35)39-29/h3-13,23-24,32H,14H2,1-2H3/t23-,24-,29+/m1/s1. The summed E-state index contributed by atoms with van der Waals surface area (Å²) in [5, 5.41) is 10.5. The molecule has 1 aliphatic carbocycles. The molecule has 1 heterocycles. The van der Waals surface area contributed by atoms with Crippen LogP contribution in [0.3, 0.4) is 0 Å². The number of hydrogen-bond donors (Lipinski definition) is 1. The first kappa shape index (κ1) is 27.0. The van der Waals surface area contributed by atoms with Crippen LogP contribution in [-0.2, 0) is 14.2 Å². The quantitative estimate of drug-likeness (QED) is 0.259. The Morgan fingerprint density at radius 2 is 1.51 bits per heavy atom. The molecular weight excluding hydrogens is 636 g/mol. The van der Waals surface area contributed by atoms with Crippen LogP contribution in [0.5, 0.6) is 11.5 Å². The normalized spacial score (nSPS) is 21.5. The van der Waals surface area contributed by atoms with Crippen molar-refractivity contribution in [1.29, 1.82) is 0 Å². The highest BCUT2D eigenvalue weighted by molar-refractivity contribution is 9.10. The highest BCUT2D eigenvalue weighted by atomic mass is 79.9. The van der Waals surface area contributed by atoms with Crippen molar-refractivity contribution in [2.75, 3.05) is 7.11 Å². The summed E-state index contributed by atoms with van der Waals surface area (Å²) >= 11 is 6.68. The van der Waals surface area contributed by atoms with E-state index in [-0.39, 0.29) is 17.7 Å². The summed E-state index contributed by atoms with van der Waals surface area (Å²) in [5.74, 6) is -1.95. The summed E-state index contributed by atoms with van der Waals surface area (Å²) in [6.07, 6.45) is -0.406. The molecule has 0 bridgehead atoms. The number of methoxy groups -OCH3 is 1. The van der Waals surface area contributed by atoms with Gasteiger partial charge in [0.1, 0.15) is 28.8 Å². The van der Waals surface area contributed by atoms with E-state index in [0.29, 0.717) is 28.0 Å². The van der Waals surface area contributed by atoms with Crippen molar-refractivity contribution in [3.8, 4) is 11.5 Å². The molecule has 39 heavy (non-hydrogen) atoms. The second-order valence-electron chi connectivity index (χ2n) is 9.30. The van der Waals surface area contributed by atoms with Gasteiger partial charge in [-0.3, -0.25) is 0 Å². The van der Waals surface area contributed by atoms with Crippen molar-refractivity contribution in [1.82, 2.24) is 0 Å². The third-order valence-corrected chi connectivity index (χ3v) is 7.72. The average molecular weight is 658 g/mol. The Bertz CT molecular complexity index is 1500. The molecule has 3 aromatic carbocycles. The van der Waals surface area contributed by atoms with E-state index in [2.05, 4.69) is 31.9 Å². The van der Waals surface area contributed by atoms with E-state index in [4.69, 9.17) is 18.9 Å². The van der Waals surface area contributed by atoms with Gasteiger partial charge in [-0.1, -0.05) is 31.9 Å². The second-order valence-corrected chi connectivity index (χ2v) is 11.1. The zero-order chi connectivity index (χ0) is 27.9. The number of hydrogen-bond acceptors (Lipinski definition) is 8. The number of ether oxygens (including phenoxy) is 4. The lowest BCUT2D eigenvalue weighted by atomic mass is 9.75. The molecule has 0 unspecified atom stereocenters. The van der Waals surface area contributed by atoms with Crippen LogP contribution >= 0.6 is 31.9 Å². The smallest absolute Gasteiger partial charge is 0.343 e. The monoisotopic (exact) mass is 656 g/mol. The van der Waals surface area contributed by atoms with Gasteiger partial charge in [-0.05, 0) is 67.6 Å². The van der Waals surface area contributed by atoms with Gasteiger partial charge in [-0.2, -0.15) is 0 Å². The highest BCUT2D eigenvalue weighted by Gasteiger charge is 2.50. The van der Waals surface area contributed by atoms with Crippen molar-refractivity contribution in [3.63, 3.8) is 0 Å². The fourth-order valence-electron chi connectivity index (χ4n) is 4.72. The number of carbonyl (C=O) groups is 3. The van der Waals surface area contributed by atoms with Crippen LogP contribution in [0, 0.1) is 0 Å². The number of benzene rings is 3. The molecule has 0 fully saturated rings. The maximum Gasteiger partial charge on any atom is 0.343 e. The van der Waals surface area contributed by atoms with Gasteiger partial charge in [0, 0.05) is 32.6 Å². The molecule has 1 N–H and O–H groups in total. The average Bonchev–Trinajstić information content (AvgIpc) is 2.89. The van der Waals surface area contributed by atoms with Gasteiger partial charge in [0.25, 0.3) is 0 Å². The maximum absolute atomic E-state index is 13.1. The van der Waals surface area contributed by atoms with Crippen molar-refractivity contribution >= 4 is 55.3 Å². The van der Waals surface area contributed by atoms with E-state index in [1.54, 1.807) is 67.6 Å². The van der Waals surface area contributed by atoms with Crippen LogP contribution in [0.15, 0.2) is 75.7 Å². The minimum absolute atomic E-state index is 0.00252. The number of halogens is 2. The molecule has 5 rings (SSSR count). The summed E-state index contributed by atoms with van der Waals surface area (Å²) in [7, 11) is 1.44. The molecule has 0 spiro atoms. The Morgan fingerprint density at radius 1 is 0.949 bits per heavy atom. The van der Waals surface area contributed by atoms with Gasteiger partial charge in [0.15, 0.2) is 6.10 Å². The van der Waals surface area contributed by atoms with Crippen molar-refractivity contribution < 1.29 is 38.4 Å². The second kappa shape index (κ2) is 10.5. The Morgan fingerprint density at radius 3 is 2.08 bits per heavy atom. The number of aromatic hydroxyl groups is 1. The Balaban J connectivity index is 1.56. The third-order valence-electron chi connectivity index (χ3n) is 6.66. The van der Waals surface area contributed by atoms with Gasteiger partial charge in [0.2, 0.25) is 0 Å². The maximum atomic E-state index is 13.1. The van der Waals surface area contributed by atoms with E-state index in [1.165, 1.54) is 13.2 Å². The largest absolute Gasteiger partial charge is 0.507 e. The topological polar surface area (TPSA) is 108 Å². The summed E-state index contributed by atoms with van der Waals surface area (Å²) in [5.41, 5.74) is 0.217. The number of fused-ring (bicyclic) bond motifs is 3. The summed E-state index contributed by atoms with van der Waals surface area (Å²) in [6.45, 7) is 1.68. The van der Waals surface area contributed by atoms with Crippen LogP contribution in [0.2, 0.25) is 0 Å². The number of carbonyl (C=O) groups excluding carboxylic acids is 3.